The van der Waals surface area contributed by atoms with Crippen LogP contribution in [0.25, 0.3) is 0 Å². The maximum absolute atomic E-state index is 12.5. The number of carbonyl (C=O) groups excluding carboxylic acids is 1. The molecule has 0 fully saturated rings. The molecule has 0 bridgehead atoms. The highest BCUT2D eigenvalue weighted by Crippen LogP contribution is 2.32. The first-order valence-electron chi connectivity index (χ1n) is 9.25. The number of fused-ring (bicyclic) bond motifs is 1. The molecule has 1 aliphatic heterocycles. The number of carbonyl (C=O) groups is 1. The largest absolute Gasteiger partial charge is 0.351 e. The molecule has 2 aromatic heterocycles. The van der Waals surface area contributed by atoms with E-state index in [0.29, 0.717) is 11.6 Å². The Balaban J connectivity index is 1.40. The molecule has 138 valence electrons. The van der Waals surface area contributed by atoms with E-state index in [0.717, 1.165) is 43.7 Å². The Bertz CT molecular complexity index is 895. The second-order valence-corrected chi connectivity index (χ2v) is 7.73. The van der Waals surface area contributed by atoms with E-state index in [2.05, 4.69) is 44.5 Å². The van der Waals surface area contributed by atoms with Gasteiger partial charge < -0.3 is 10.2 Å². The van der Waals surface area contributed by atoms with Crippen molar-refractivity contribution in [3.8, 4) is 0 Å². The molecule has 0 saturated heterocycles. The molecule has 1 aliphatic rings. The molecule has 0 aliphatic carbocycles. The summed E-state index contributed by atoms with van der Waals surface area (Å²) in [5, 5.41) is 3.55. The van der Waals surface area contributed by atoms with E-state index in [1.807, 2.05) is 24.4 Å². The average Bonchev–Trinajstić information content (AvgIpc) is 3.15. The molecule has 3 heterocycles. The first-order chi connectivity index (χ1) is 13.3. The van der Waals surface area contributed by atoms with Crippen molar-refractivity contribution in [2.24, 2.45) is 0 Å². The van der Waals surface area contributed by atoms with Crippen LogP contribution in [-0.4, -0.2) is 29.0 Å². The number of aryl methyl sites for hydroxylation is 1. The fourth-order valence-corrected chi connectivity index (χ4v) is 4.33. The number of anilines is 1. The first-order valence-corrected chi connectivity index (χ1v) is 10.1. The molecule has 0 spiro atoms. The van der Waals surface area contributed by atoms with Gasteiger partial charge in [-0.1, -0.05) is 36.4 Å². The van der Waals surface area contributed by atoms with Crippen molar-refractivity contribution in [3.63, 3.8) is 0 Å². The van der Waals surface area contributed by atoms with Gasteiger partial charge in [0.05, 0.1) is 0 Å². The summed E-state index contributed by atoms with van der Waals surface area (Å²) in [5.74, 6) is 0.894. The third kappa shape index (κ3) is 4.34. The predicted octanol–water partition coefficient (Wildman–Crippen LogP) is 3.46. The van der Waals surface area contributed by atoms with Gasteiger partial charge in [0.2, 0.25) is 0 Å². The van der Waals surface area contributed by atoms with E-state index in [4.69, 9.17) is 0 Å². The smallest absolute Gasteiger partial charge is 0.280 e. The van der Waals surface area contributed by atoms with E-state index in [1.165, 1.54) is 21.8 Å². The Morgan fingerprint density at radius 2 is 2.00 bits per heavy atom. The second kappa shape index (κ2) is 8.31. The zero-order valence-electron chi connectivity index (χ0n) is 15.1. The number of benzene rings is 1. The van der Waals surface area contributed by atoms with Gasteiger partial charge in [0, 0.05) is 36.9 Å². The third-order valence-corrected chi connectivity index (χ3v) is 5.74. The predicted molar refractivity (Wildman–Crippen MR) is 108 cm³/mol. The standard InChI is InChI=1S/C21H22N4OS/c26-20(23-12-10-16-8-4-11-22-14-16)21-24-19-18(27-21)9-5-13-25(19)15-17-6-2-1-3-7-17/h1-4,6-8,11,14H,5,9-10,12-13,15H2,(H,23,26). The molecular weight excluding hydrogens is 356 g/mol. The van der Waals surface area contributed by atoms with Gasteiger partial charge >= 0.3 is 0 Å². The van der Waals surface area contributed by atoms with Crippen LogP contribution in [-0.2, 0) is 19.4 Å². The molecular formula is C21H22N4OS. The Kier molecular flexibility index (Phi) is 5.44. The quantitative estimate of drug-likeness (QED) is 0.714. The van der Waals surface area contributed by atoms with Crippen molar-refractivity contribution >= 4 is 23.1 Å². The summed E-state index contributed by atoms with van der Waals surface area (Å²) in [6.07, 6.45) is 6.45. The van der Waals surface area contributed by atoms with Crippen LogP contribution in [0.2, 0.25) is 0 Å². The molecule has 6 heteroatoms. The summed E-state index contributed by atoms with van der Waals surface area (Å²) in [4.78, 5) is 24.8. The Morgan fingerprint density at radius 3 is 2.81 bits per heavy atom. The summed E-state index contributed by atoms with van der Waals surface area (Å²) < 4.78 is 0. The van der Waals surface area contributed by atoms with E-state index < -0.39 is 0 Å². The van der Waals surface area contributed by atoms with Gasteiger partial charge in [0.15, 0.2) is 5.01 Å². The summed E-state index contributed by atoms with van der Waals surface area (Å²) in [6.45, 7) is 2.40. The van der Waals surface area contributed by atoms with Crippen LogP contribution >= 0.6 is 11.3 Å². The molecule has 4 rings (SSSR count). The molecule has 0 unspecified atom stereocenters. The highest BCUT2D eigenvalue weighted by atomic mass is 32.1. The minimum absolute atomic E-state index is 0.0852. The van der Waals surface area contributed by atoms with Crippen LogP contribution in [0, 0.1) is 0 Å². The first kappa shape index (κ1) is 17.7. The van der Waals surface area contributed by atoms with Gasteiger partial charge in [-0.15, -0.1) is 11.3 Å². The summed E-state index contributed by atoms with van der Waals surface area (Å²) in [5.41, 5.74) is 2.38. The maximum Gasteiger partial charge on any atom is 0.280 e. The number of hydrogen-bond donors (Lipinski definition) is 1. The Morgan fingerprint density at radius 1 is 1.15 bits per heavy atom. The Hall–Kier alpha value is -2.73. The maximum atomic E-state index is 12.5. The van der Waals surface area contributed by atoms with Crippen molar-refractivity contribution in [1.82, 2.24) is 15.3 Å². The number of hydrogen-bond acceptors (Lipinski definition) is 5. The zero-order chi connectivity index (χ0) is 18.5. The number of nitrogens with one attached hydrogen (secondary N) is 1. The average molecular weight is 379 g/mol. The fourth-order valence-electron chi connectivity index (χ4n) is 3.29. The lowest BCUT2D eigenvalue weighted by Crippen LogP contribution is -2.29. The number of nitrogens with zero attached hydrogens (tertiary/aromatic N) is 3. The second-order valence-electron chi connectivity index (χ2n) is 6.64. The van der Waals surface area contributed by atoms with E-state index >= 15 is 0 Å². The molecule has 3 aromatic rings. The number of pyridine rings is 1. The fraction of sp³-hybridized carbons (Fsp3) is 0.286. The normalized spacial score (nSPS) is 13.3. The number of amides is 1. The summed E-state index contributed by atoms with van der Waals surface area (Å²) in [6, 6.07) is 14.3. The van der Waals surface area contributed by atoms with Crippen LogP contribution in [0.3, 0.4) is 0 Å². The number of aromatic nitrogens is 2. The minimum Gasteiger partial charge on any atom is -0.351 e. The number of thiazole rings is 1. The van der Waals surface area contributed by atoms with Crippen molar-refractivity contribution in [1.29, 1.82) is 0 Å². The molecule has 5 nitrogen and oxygen atoms in total. The molecule has 27 heavy (non-hydrogen) atoms. The van der Waals surface area contributed by atoms with Gasteiger partial charge in [-0.3, -0.25) is 9.78 Å². The van der Waals surface area contributed by atoms with E-state index in [9.17, 15) is 4.79 Å². The lowest BCUT2D eigenvalue weighted by atomic mass is 10.1. The van der Waals surface area contributed by atoms with Gasteiger partial charge in [0.25, 0.3) is 5.91 Å². The van der Waals surface area contributed by atoms with Crippen molar-refractivity contribution in [3.05, 3.63) is 75.9 Å². The Labute approximate surface area is 163 Å². The lowest BCUT2D eigenvalue weighted by Gasteiger charge is -2.27. The molecule has 1 N–H and O–H groups in total. The third-order valence-electron chi connectivity index (χ3n) is 4.64. The van der Waals surface area contributed by atoms with Crippen molar-refractivity contribution in [2.45, 2.75) is 25.8 Å². The molecule has 0 atom stereocenters. The van der Waals surface area contributed by atoms with Crippen LogP contribution in [0.4, 0.5) is 5.82 Å². The van der Waals surface area contributed by atoms with Gasteiger partial charge in [-0.05, 0) is 36.5 Å². The van der Waals surface area contributed by atoms with Gasteiger partial charge in [0.1, 0.15) is 5.82 Å². The SMILES string of the molecule is O=C(NCCc1cccnc1)c1nc2c(s1)CCCN2Cc1ccccc1. The van der Waals surface area contributed by atoms with E-state index in [1.54, 1.807) is 6.20 Å². The lowest BCUT2D eigenvalue weighted by molar-refractivity contribution is 0.0954. The highest BCUT2D eigenvalue weighted by Gasteiger charge is 2.24. The van der Waals surface area contributed by atoms with Gasteiger partial charge in [-0.25, -0.2) is 4.98 Å². The topological polar surface area (TPSA) is 58.1 Å². The molecule has 1 amide bonds. The van der Waals surface area contributed by atoms with Crippen molar-refractivity contribution in [2.75, 3.05) is 18.0 Å². The van der Waals surface area contributed by atoms with E-state index in [-0.39, 0.29) is 5.91 Å². The molecule has 1 aromatic carbocycles. The zero-order valence-corrected chi connectivity index (χ0v) is 15.9. The molecule has 0 radical (unpaired) electrons. The van der Waals surface area contributed by atoms with Crippen LogP contribution in [0.1, 0.15) is 32.2 Å². The molecule has 0 saturated carbocycles. The summed E-state index contributed by atoms with van der Waals surface area (Å²) >= 11 is 1.53. The monoisotopic (exact) mass is 378 g/mol. The van der Waals surface area contributed by atoms with Crippen molar-refractivity contribution < 1.29 is 4.79 Å². The van der Waals surface area contributed by atoms with Crippen LogP contribution < -0.4 is 10.2 Å². The minimum atomic E-state index is -0.0852. The summed E-state index contributed by atoms with van der Waals surface area (Å²) in [7, 11) is 0. The highest BCUT2D eigenvalue weighted by molar-refractivity contribution is 7.14. The number of rotatable bonds is 6. The van der Waals surface area contributed by atoms with Crippen LogP contribution in [0.5, 0.6) is 0 Å². The van der Waals surface area contributed by atoms with Gasteiger partial charge in [-0.2, -0.15) is 0 Å². The van der Waals surface area contributed by atoms with Crippen LogP contribution in [0.15, 0.2) is 54.9 Å².